The molecule has 1 aliphatic rings. The molecule has 0 aromatic carbocycles. The molecule has 24 heavy (non-hydrogen) atoms. The Kier molecular flexibility index (Phi) is 6.18. The molecule has 0 saturated carbocycles. The van der Waals surface area contributed by atoms with Crippen LogP contribution in [0.5, 0.6) is 0 Å². The van der Waals surface area contributed by atoms with Crippen LogP contribution in [0.2, 0.25) is 0 Å². The van der Waals surface area contributed by atoms with Crippen LogP contribution in [0.15, 0.2) is 58.7 Å². The predicted molar refractivity (Wildman–Crippen MR) is 103 cm³/mol. The van der Waals surface area contributed by atoms with E-state index in [2.05, 4.69) is 32.9 Å². The van der Waals surface area contributed by atoms with Crippen molar-refractivity contribution < 1.29 is 13.6 Å². The fourth-order valence-electron chi connectivity index (χ4n) is 2.90. The summed E-state index contributed by atoms with van der Waals surface area (Å²) in [7, 11) is 0. The maximum absolute atomic E-state index is 10.8. The third-order valence-corrected chi connectivity index (χ3v) is 4.28. The van der Waals surface area contributed by atoms with E-state index in [1.54, 1.807) is 12.2 Å². The molecule has 0 amide bonds. The molecule has 1 rings (SSSR count). The Bertz CT molecular complexity index is 687. The lowest BCUT2D eigenvalue weighted by atomic mass is 9.72. The molecule has 0 N–H and O–H groups in total. The second-order valence-corrected chi connectivity index (χ2v) is 7.00. The molecule has 1 aliphatic carbocycles. The van der Waals surface area contributed by atoms with Crippen molar-refractivity contribution in [3.05, 3.63) is 58.7 Å². The van der Waals surface area contributed by atoms with Crippen molar-refractivity contribution in [2.75, 3.05) is 6.61 Å². The minimum Gasteiger partial charge on any atom is -0.462 e. The number of esters is 1. The Hall–Kier alpha value is -1.83. The molecule has 0 atom stereocenters. The number of allylic oxidation sites excluding steroid dienone is 9. The van der Waals surface area contributed by atoms with Gasteiger partial charge in [-0.2, -0.15) is 0 Å². The van der Waals surface area contributed by atoms with Gasteiger partial charge in [-0.1, -0.05) is 60.9 Å². The maximum Gasteiger partial charge on any atom is 0.302 e. The first-order valence-electron chi connectivity index (χ1n) is 10.0. The molecule has 0 aromatic rings. The van der Waals surface area contributed by atoms with Gasteiger partial charge < -0.3 is 4.74 Å². The molecule has 0 unspecified atom stereocenters. The first-order chi connectivity index (χ1) is 12.4. The number of carbonyl (C=O) groups is 1. The first-order valence-corrected chi connectivity index (χ1v) is 8.51. The highest BCUT2D eigenvalue weighted by molar-refractivity contribution is 5.66. The van der Waals surface area contributed by atoms with Gasteiger partial charge in [0.25, 0.3) is 0 Å². The van der Waals surface area contributed by atoms with Gasteiger partial charge in [-0.25, -0.2) is 0 Å². The normalized spacial score (nSPS) is 21.8. The van der Waals surface area contributed by atoms with Gasteiger partial charge in [0.15, 0.2) is 0 Å². The van der Waals surface area contributed by atoms with Crippen molar-refractivity contribution >= 4 is 5.97 Å². The number of rotatable bonds is 6. The van der Waals surface area contributed by atoms with Crippen LogP contribution >= 0.6 is 0 Å². The van der Waals surface area contributed by atoms with E-state index >= 15 is 0 Å². The Morgan fingerprint density at radius 3 is 2.67 bits per heavy atom. The van der Waals surface area contributed by atoms with Gasteiger partial charge in [-0.05, 0) is 57.0 Å². The first kappa shape index (κ1) is 15.7. The maximum atomic E-state index is 10.8. The molecule has 0 radical (unpaired) electrons. The second kappa shape index (κ2) is 9.46. The predicted octanol–water partition coefficient (Wildman–Crippen LogP) is 6.08. The van der Waals surface area contributed by atoms with Crippen molar-refractivity contribution in [1.29, 1.82) is 0 Å². The number of hydrogen-bond donors (Lipinski definition) is 0. The zero-order valence-corrected chi connectivity index (χ0v) is 15.6. The van der Waals surface area contributed by atoms with Crippen molar-refractivity contribution in [3.8, 4) is 0 Å². The lowest BCUT2D eigenvalue weighted by Gasteiger charge is -2.32. The number of carbonyl (C=O) groups excluding carboxylic acids is 1. The summed E-state index contributed by atoms with van der Waals surface area (Å²) >= 11 is 0. The van der Waals surface area contributed by atoms with Crippen molar-refractivity contribution in [1.82, 2.24) is 0 Å². The Morgan fingerprint density at radius 2 is 2.04 bits per heavy atom. The van der Waals surface area contributed by atoms with Gasteiger partial charge in [0.2, 0.25) is 0 Å². The summed E-state index contributed by atoms with van der Waals surface area (Å²) in [6.45, 7) is 7.76. The standard InChI is InChI=1S/C22H32O2/c1-17(9-7-10-18(2)14-16-24-20(4)23)12-13-21-19(3)11-8-15-22(21,5)6/h7,9-10,12-14H,8,11,15-16H2,1-6H3/b10-7+,13-12+,17-9+,18-14-/i2D3. The summed E-state index contributed by atoms with van der Waals surface area (Å²) in [5, 5.41) is 0. The SMILES string of the molecule is [2H]C([2H])([2H])C(=C/COC(C)=O)/C=C/C=C(C)/C=C/C1=C(C)CCCC1(C)C. The van der Waals surface area contributed by atoms with Crippen molar-refractivity contribution in [2.45, 2.75) is 60.7 Å². The molecule has 0 aliphatic heterocycles. The van der Waals surface area contributed by atoms with Crippen molar-refractivity contribution in [2.24, 2.45) is 5.41 Å². The topological polar surface area (TPSA) is 26.3 Å². The van der Waals surface area contributed by atoms with Gasteiger partial charge in [0, 0.05) is 11.0 Å². The number of ether oxygens (including phenoxy) is 1. The van der Waals surface area contributed by atoms with Crippen LogP contribution < -0.4 is 0 Å². The smallest absolute Gasteiger partial charge is 0.302 e. The highest BCUT2D eigenvalue weighted by atomic mass is 16.5. The van der Waals surface area contributed by atoms with Crippen LogP contribution in [-0.2, 0) is 9.53 Å². The second-order valence-electron chi connectivity index (χ2n) is 7.00. The third kappa shape index (κ3) is 7.16. The fraction of sp³-hybridized carbons (Fsp3) is 0.500. The molecule has 2 nitrogen and oxygen atoms in total. The molecule has 0 aromatic heterocycles. The monoisotopic (exact) mass is 331 g/mol. The number of hydrogen-bond acceptors (Lipinski definition) is 2. The Labute approximate surface area is 151 Å². The largest absolute Gasteiger partial charge is 0.462 e. The Morgan fingerprint density at radius 1 is 1.29 bits per heavy atom. The highest BCUT2D eigenvalue weighted by Crippen LogP contribution is 2.40. The average molecular weight is 332 g/mol. The summed E-state index contributed by atoms with van der Waals surface area (Å²) in [4.78, 5) is 10.8. The van der Waals surface area contributed by atoms with Crippen LogP contribution in [-0.4, -0.2) is 12.6 Å². The molecular formula is C22H32O2. The van der Waals surface area contributed by atoms with Gasteiger partial charge in [0.1, 0.15) is 6.61 Å². The summed E-state index contributed by atoms with van der Waals surface area (Å²) in [5.41, 5.74) is 4.24. The quantitative estimate of drug-likeness (QED) is 0.435. The molecular weight excluding hydrogens is 296 g/mol. The van der Waals surface area contributed by atoms with E-state index in [4.69, 9.17) is 8.85 Å². The van der Waals surface area contributed by atoms with Gasteiger partial charge in [0.05, 0.1) is 0 Å². The molecule has 132 valence electrons. The highest BCUT2D eigenvalue weighted by Gasteiger charge is 2.26. The van der Waals surface area contributed by atoms with E-state index in [9.17, 15) is 4.79 Å². The van der Waals surface area contributed by atoms with E-state index in [0.29, 0.717) is 0 Å². The van der Waals surface area contributed by atoms with Crippen LogP contribution in [0.25, 0.3) is 0 Å². The Balaban J connectivity index is 2.87. The molecule has 0 saturated heterocycles. The summed E-state index contributed by atoms with van der Waals surface area (Å²) in [6.07, 6.45) is 14.4. The molecule has 0 bridgehead atoms. The van der Waals surface area contributed by atoms with Crippen LogP contribution in [0.3, 0.4) is 0 Å². The third-order valence-electron chi connectivity index (χ3n) is 4.28. The molecule has 0 spiro atoms. The average Bonchev–Trinajstić information content (AvgIpc) is 2.51. The minimum absolute atomic E-state index is 0.0431. The summed E-state index contributed by atoms with van der Waals surface area (Å²) < 4.78 is 27.5. The summed E-state index contributed by atoms with van der Waals surface area (Å²) in [6, 6.07) is 0. The lowest BCUT2D eigenvalue weighted by molar-refractivity contribution is -0.139. The van der Waals surface area contributed by atoms with Crippen LogP contribution in [0.4, 0.5) is 0 Å². The van der Waals surface area contributed by atoms with E-state index in [1.807, 2.05) is 13.0 Å². The van der Waals surface area contributed by atoms with Crippen LogP contribution in [0.1, 0.15) is 64.8 Å². The lowest BCUT2D eigenvalue weighted by Crippen LogP contribution is -2.19. The van der Waals surface area contributed by atoms with E-state index in [-0.39, 0.29) is 17.6 Å². The molecule has 0 heterocycles. The van der Waals surface area contributed by atoms with E-state index in [0.717, 1.165) is 12.0 Å². The van der Waals surface area contributed by atoms with Crippen molar-refractivity contribution in [3.63, 3.8) is 0 Å². The minimum atomic E-state index is -2.25. The van der Waals surface area contributed by atoms with Gasteiger partial charge >= 0.3 is 5.97 Å². The van der Waals surface area contributed by atoms with E-state index < -0.39 is 12.8 Å². The molecule has 2 heteroatoms. The zero-order chi connectivity index (χ0) is 20.7. The fourth-order valence-corrected chi connectivity index (χ4v) is 2.90. The van der Waals surface area contributed by atoms with E-state index in [1.165, 1.54) is 37.0 Å². The zero-order valence-electron chi connectivity index (χ0n) is 18.6. The van der Waals surface area contributed by atoms with Crippen LogP contribution in [0, 0.1) is 5.41 Å². The molecule has 0 fully saturated rings. The summed E-state index contributed by atoms with van der Waals surface area (Å²) in [5.74, 6) is -0.434. The van der Waals surface area contributed by atoms with Gasteiger partial charge in [-0.15, -0.1) is 0 Å². The van der Waals surface area contributed by atoms with Gasteiger partial charge in [-0.3, -0.25) is 4.79 Å².